The normalized spacial score (nSPS) is 14.2. The maximum atomic E-state index is 12.9. The van der Waals surface area contributed by atoms with E-state index in [1.165, 1.54) is 24.7 Å². The maximum Gasteiger partial charge on any atom is 0.274 e. The number of amides is 1. The number of nitrogens with one attached hydrogen (secondary N) is 1. The topological polar surface area (TPSA) is 84.3 Å². The number of rotatable bonds is 5. The molecule has 0 spiro atoms. The molecular weight excluding hydrogens is 388 g/mol. The Kier molecular flexibility index (Phi) is 4.94. The molecule has 1 aromatic carbocycles. The van der Waals surface area contributed by atoms with E-state index in [-0.39, 0.29) is 10.6 Å². The molecule has 0 atom stereocenters. The number of benzene rings is 1. The summed E-state index contributed by atoms with van der Waals surface area (Å²) in [6, 6.07) is 13.3. The SMILES string of the molecule is C=C1CCCN1c1ccc(S(=O)(=O)n2ccc(NC(=O)c3ccccn3)c2)cc1. The van der Waals surface area contributed by atoms with Crippen LogP contribution in [-0.2, 0) is 10.0 Å². The van der Waals surface area contributed by atoms with Gasteiger partial charge < -0.3 is 10.2 Å². The van der Waals surface area contributed by atoms with Crippen molar-refractivity contribution in [3.05, 3.63) is 85.1 Å². The minimum atomic E-state index is -3.76. The van der Waals surface area contributed by atoms with Crippen molar-refractivity contribution in [2.45, 2.75) is 17.7 Å². The highest BCUT2D eigenvalue weighted by molar-refractivity contribution is 7.90. The van der Waals surface area contributed by atoms with Crippen LogP contribution in [0.4, 0.5) is 11.4 Å². The highest BCUT2D eigenvalue weighted by atomic mass is 32.2. The van der Waals surface area contributed by atoms with Crippen LogP contribution in [0.5, 0.6) is 0 Å². The Morgan fingerprint density at radius 2 is 1.90 bits per heavy atom. The molecule has 0 bridgehead atoms. The lowest BCUT2D eigenvalue weighted by Crippen LogP contribution is -2.16. The number of aromatic nitrogens is 2. The first-order chi connectivity index (χ1) is 13.9. The van der Waals surface area contributed by atoms with Crippen LogP contribution >= 0.6 is 0 Å². The molecule has 148 valence electrons. The third-order valence-corrected chi connectivity index (χ3v) is 6.43. The quantitative estimate of drug-likeness (QED) is 0.699. The van der Waals surface area contributed by atoms with Crippen molar-refractivity contribution >= 4 is 27.3 Å². The van der Waals surface area contributed by atoms with Gasteiger partial charge in [-0.05, 0) is 55.3 Å². The minimum Gasteiger partial charge on any atom is -0.346 e. The largest absolute Gasteiger partial charge is 0.346 e. The lowest BCUT2D eigenvalue weighted by Gasteiger charge is -2.19. The molecule has 1 N–H and O–H groups in total. The van der Waals surface area contributed by atoms with Gasteiger partial charge in [0, 0.05) is 36.5 Å². The first-order valence-electron chi connectivity index (χ1n) is 9.16. The second-order valence-corrected chi connectivity index (χ2v) is 8.56. The standard InChI is InChI=1S/C21H20N4O3S/c1-16-5-4-13-25(16)18-7-9-19(10-8-18)29(27,28)24-14-11-17(15-24)23-21(26)20-6-2-3-12-22-20/h2-3,6-12,14-15H,1,4-5,13H2,(H,23,26). The van der Waals surface area contributed by atoms with Crippen molar-refractivity contribution in [3.63, 3.8) is 0 Å². The highest BCUT2D eigenvalue weighted by Crippen LogP contribution is 2.28. The summed E-state index contributed by atoms with van der Waals surface area (Å²) in [4.78, 5) is 18.4. The number of pyridine rings is 1. The molecule has 3 aromatic rings. The molecule has 1 fully saturated rings. The molecule has 4 rings (SSSR count). The monoisotopic (exact) mass is 408 g/mol. The average Bonchev–Trinajstić information content (AvgIpc) is 3.38. The summed E-state index contributed by atoms with van der Waals surface area (Å²) in [7, 11) is -3.76. The second kappa shape index (κ2) is 7.56. The summed E-state index contributed by atoms with van der Waals surface area (Å²) in [5.41, 5.74) is 2.60. The Morgan fingerprint density at radius 1 is 1.10 bits per heavy atom. The first-order valence-corrected chi connectivity index (χ1v) is 10.6. The van der Waals surface area contributed by atoms with Gasteiger partial charge >= 0.3 is 0 Å². The van der Waals surface area contributed by atoms with E-state index in [9.17, 15) is 13.2 Å². The minimum absolute atomic E-state index is 0.171. The van der Waals surface area contributed by atoms with Gasteiger partial charge in [0.25, 0.3) is 15.9 Å². The van der Waals surface area contributed by atoms with Crippen LogP contribution in [0.2, 0.25) is 0 Å². The molecule has 0 saturated carbocycles. The summed E-state index contributed by atoms with van der Waals surface area (Å²) in [6.45, 7) is 4.93. The molecule has 8 heteroatoms. The van der Waals surface area contributed by atoms with Gasteiger partial charge in [0.2, 0.25) is 0 Å². The Bertz CT molecular complexity index is 1150. The van der Waals surface area contributed by atoms with E-state index in [1.807, 2.05) is 0 Å². The molecule has 3 heterocycles. The summed E-state index contributed by atoms with van der Waals surface area (Å²) >= 11 is 0. The lowest BCUT2D eigenvalue weighted by molar-refractivity contribution is 0.102. The van der Waals surface area contributed by atoms with Crippen molar-refractivity contribution in [2.75, 3.05) is 16.8 Å². The van der Waals surface area contributed by atoms with E-state index in [0.717, 1.165) is 34.7 Å². The number of carbonyl (C=O) groups is 1. The van der Waals surface area contributed by atoms with Gasteiger partial charge in [-0.2, -0.15) is 0 Å². The van der Waals surface area contributed by atoms with Crippen LogP contribution in [0.1, 0.15) is 23.3 Å². The van der Waals surface area contributed by atoms with Crippen molar-refractivity contribution in [1.29, 1.82) is 0 Å². The third-order valence-electron chi connectivity index (χ3n) is 4.78. The van der Waals surface area contributed by atoms with Crippen molar-refractivity contribution < 1.29 is 13.2 Å². The van der Waals surface area contributed by atoms with Gasteiger partial charge in [0.1, 0.15) is 5.69 Å². The Labute approximate surface area is 169 Å². The fourth-order valence-corrected chi connectivity index (χ4v) is 4.46. The Hall–Kier alpha value is -3.39. The number of allylic oxidation sites excluding steroid dienone is 1. The molecule has 0 radical (unpaired) electrons. The van der Waals surface area contributed by atoms with Gasteiger partial charge in [-0.25, -0.2) is 12.4 Å². The van der Waals surface area contributed by atoms with Gasteiger partial charge in [0.05, 0.1) is 10.6 Å². The molecule has 1 amide bonds. The molecule has 0 unspecified atom stereocenters. The zero-order valence-electron chi connectivity index (χ0n) is 15.7. The molecule has 7 nitrogen and oxygen atoms in total. The van der Waals surface area contributed by atoms with Crippen LogP contribution < -0.4 is 10.2 Å². The van der Waals surface area contributed by atoms with E-state index in [1.54, 1.807) is 42.5 Å². The van der Waals surface area contributed by atoms with E-state index < -0.39 is 15.9 Å². The predicted octanol–water partition coefficient (Wildman–Crippen LogP) is 3.49. The molecular formula is C21H20N4O3S. The van der Waals surface area contributed by atoms with Gasteiger partial charge in [-0.15, -0.1) is 0 Å². The van der Waals surface area contributed by atoms with Gasteiger partial charge in [0.15, 0.2) is 0 Å². The predicted molar refractivity (Wildman–Crippen MR) is 111 cm³/mol. The Balaban J connectivity index is 1.52. The fourth-order valence-electron chi connectivity index (χ4n) is 3.26. The number of anilines is 2. The smallest absolute Gasteiger partial charge is 0.274 e. The van der Waals surface area contributed by atoms with Crippen LogP contribution in [-0.4, -0.2) is 29.8 Å². The summed E-state index contributed by atoms with van der Waals surface area (Å²) < 4.78 is 26.9. The van der Waals surface area contributed by atoms with Crippen molar-refractivity contribution in [2.24, 2.45) is 0 Å². The number of nitrogens with zero attached hydrogens (tertiary/aromatic N) is 3. The first kappa shape index (κ1) is 18.9. The van der Waals surface area contributed by atoms with E-state index in [2.05, 4.69) is 21.8 Å². The molecule has 1 aliphatic heterocycles. The zero-order valence-corrected chi connectivity index (χ0v) is 16.5. The van der Waals surface area contributed by atoms with Crippen LogP contribution in [0.15, 0.2) is 84.3 Å². The van der Waals surface area contributed by atoms with Gasteiger partial charge in [-0.1, -0.05) is 12.6 Å². The summed E-state index contributed by atoms with van der Waals surface area (Å²) in [5, 5.41) is 2.65. The lowest BCUT2D eigenvalue weighted by atomic mass is 10.3. The number of hydrogen-bond acceptors (Lipinski definition) is 5. The van der Waals surface area contributed by atoms with E-state index in [0.29, 0.717) is 5.69 Å². The highest BCUT2D eigenvalue weighted by Gasteiger charge is 2.20. The molecule has 0 aliphatic carbocycles. The van der Waals surface area contributed by atoms with Crippen LogP contribution in [0, 0.1) is 0 Å². The summed E-state index contributed by atoms with van der Waals surface area (Å²) in [6.07, 6.45) is 6.29. The number of carbonyl (C=O) groups excluding carboxylic acids is 1. The average molecular weight is 408 g/mol. The Morgan fingerprint density at radius 3 is 2.55 bits per heavy atom. The maximum absolute atomic E-state index is 12.9. The number of hydrogen-bond donors (Lipinski definition) is 1. The van der Waals surface area contributed by atoms with Crippen molar-refractivity contribution in [3.8, 4) is 0 Å². The molecule has 1 saturated heterocycles. The molecule has 2 aromatic heterocycles. The van der Waals surface area contributed by atoms with E-state index in [4.69, 9.17) is 0 Å². The van der Waals surface area contributed by atoms with E-state index >= 15 is 0 Å². The van der Waals surface area contributed by atoms with Gasteiger partial charge in [-0.3, -0.25) is 9.78 Å². The molecule has 29 heavy (non-hydrogen) atoms. The molecule has 1 aliphatic rings. The fraction of sp³-hybridized carbons (Fsp3) is 0.143. The van der Waals surface area contributed by atoms with Crippen LogP contribution in [0.25, 0.3) is 0 Å². The zero-order chi connectivity index (χ0) is 20.4. The van der Waals surface area contributed by atoms with Crippen molar-refractivity contribution in [1.82, 2.24) is 8.96 Å². The van der Waals surface area contributed by atoms with Crippen LogP contribution in [0.3, 0.4) is 0 Å². The summed E-state index contributed by atoms with van der Waals surface area (Å²) in [5.74, 6) is -0.407. The second-order valence-electron chi connectivity index (χ2n) is 6.72. The third kappa shape index (κ3) is 3.79.